The second kappa shape index (κ2) is 4.57. The van der Waals surface area contributed by atoms with Crippen molar-refractivity contribution in [1.82, 2.24) is 9.78 Å². The van der Waals surface area contributed by atoms with E-state index in [9.17, 15) is 8.42 Å². The number of nitrogen functional groups attached to an aromatic ring is 1. The summed E-state index contributed by atoms with van der Waals surface area (Å²) in [7, 11) is -4.44. The molecule has 5 N–H and O–H groups in total. The van der Waals surface area contributed by atoms with Gasteiger partial charge in [-0.3, -0.25) is 4.55 Å². The summed E-state index contributed by atoms with van der Waals surface area (Å²) in [4.78, 5) is 0. The van der Waals surface area contributed by atoms with Crippen molar-refractivity contribution in [1.29, 1.82) is 0 Å². The molecule has 0 amide bonds. The number of nitrogens with zero attached hydrogens (tertiary/aromatic N) is 2. The molecule has 0 saturated heterocycles. The van der Waals surface area contributed by atoms with Gasteiger partial charge >= 0.3 is 10.4 Å². The largest absolute Gasteiger partial charge is 0.412 e. The first-order valence-electron chi connectivity index (χ1n) is 3.72. The first kappa shape index (κ1) is 13.8. The Morgan fingerprint density at radius 1 is 1.53 bits per heavy atom. The third-order valence-electron chi connectivity index (χ3n) is 1.76. The molecule has 9 heteroatoms. The van der Waals surface area contributed by atoms with Crippen LogP contribution in [0.4, 0.5) is 5.69 Å². The average molecular weight is 239 g/mol. The molecule has 1 aromatic heterocycles. The van der Waals surface area contributed by atoms with Crippen LogP contribution in [0.3, 0.4) is 0 Å². The van der Waals surface area contributed by atoms with Crippen LogP contribution in [0, 0.1) is 13.8 Å². The predicted molar refractivity (Wildman–Crippen MR) is 52.4 cm³/mol. The van der Waals surface area contributed by atoms with Crippen molar-refractivity contribution in [2.75, 3.05) is 5.73 Å². The quantitative estimate of drug-likeness (QED) is 0.651. The van der Waals surface area contributed by atoms with Crippen molar-refractivity contribution < 1.29 is 22.6 Å². The van der Waals surface area contributed by atoms with Crippen molar-refractivity contribution >= 4 is 16.1 Å². The van der Waals surface area contributed by atoms with E-state index in [0.29, 0.717) is 17.1 Å². The Hall–Kier alpha value is -1.16. The summed E-state index contributed by atoms with van der Waals surface area (Å²) in [6.07, 6.45) is 0. The van der Waals surface area contributed by atoms with Crippen molar-refractivity contribution in [3.05, 3.63) is 11.4 Å². The van der Waals surface area contributed by atoms with E-state index in [-0.39, 0.29) is 12.2 Å². The van der Waals surface area contributed by atoms with Crippen LogP contribution in [-0.4, -0.2) is 28.2 Å². The highest BCUT2D eigenvalue weighted by atomic mass is 32.3. The molecule has 1 aromatic rings. The van der Waals surface area contributed by atoms with E-state index in [2.05, 4.69) is 9.28 Å². The molecule has 0 spiro atoms. The smallest absolute Gasteiger partial charge is 0.399 e. The van der Waals surface area contributed by atoms with Crippen molar-refractivity contribution in [3.63, 3.8) is 0 Å². The van der Waals surface area contributed by atoms with Crippen LogP contribution < -0.4 is 5.73 Å². The molecule has 0 aliphatic heterocycles. The molecule has 0 unspecified atom stereocenters. The minimum absolute atomic E-state index is 0. The van der Waals surface area contributed by atoms with E-state index in [1.54, 1.807) is 13.8 Å². The zero-order chi connectivity index (χ0) is 10.9. The lowest BCUT2D eigenvalue weighted by Gasteiger charge is -2.02. The molecule has 88 valence electrons. The second-order valence-corrected chi connectivity index (χ2v) is 3.85. The molecule has 1 rings (SSSR count). The lowest BCUT2D eigenvalue weighted by atomic mass is 10.3. The molecule has 0 fully saturated rings. The third kappa shape index (κ3) is 3.47. The number of hydrogen-bond donors (Lipinski definition) is 2. The van der Waals surface area contributed by atoms with Crippen LogP contribution >= 0.6 is 0 Å². The third-order valence-corrected chi connectivity index (χ3v) is 2.16. The van der Waals surface area contributed by atoms with Crippen LogP contribution in [0.25, 0.3) is 0 Å². The highest BCUT2D eigenvalue weighted by Gasteiger charge is 2.10. The van der Waals surface area contributed by atoms with Gasteiger partial charge in [-0.15, -0.1) is 0 Å². The lowest BCUT2D eigenvalue weighted by Crippen LogP contribution is -2.11. The fraction of sp³-hybridized carbons (Fsp3) is 0.500. The zero-order valence-electron chi connectivity index (χ0n) is 8.26. The van der Waals surface area contributed by atoms with Gasteiger partial charge in [-0.2, -0.15) is 13.5 Å². The monoisotopic (exact) mass is 239 g/mol. The van der Waals surface area contributed by atoms with Crippen LogP contribution in [0.5, 0.6) is 0 Å². The first-order valence-corrected chi connectivity index (χ1v) is 5.09. The molecular weight excluding hydrogens is 226 g/mol. The molecule has 0 radical (unpaired) electrons. The average Bonchev–Trinajstić information content (AvgIpc) is 2.28. The summed E-state index contributed by atoms with van der Waals surface area (Å²) >= 11 is 0. The Morgan fingerprint density at radius 2 is 2.07 bits per heavy atom. The molecule has 0 bridgehead atoms. The summed E-state index contributed by atoms with van der Waals surface area (Å²) in [6, 6.07) is 0. The standard InChI is InChI=1S/C6H11N3O4S.H2O/c1-4-6(7)5(2)9(8-4)3-13-14(10,11)12;/h3,7H2,1-2H3,(H,10,11,12);1H2. The highest BCUT2D eigenvalue weighted by molar-refractivity contribution is 7.80. The molecule has 0 saturated carbocycles. The van der Waals surface area contributed by atoms with Gasteiger partial charge in [0.05, 0.1) is 17.1 Å². The minimum atomic E-state index is -4.44. The maximum absolute atomic E-state index is 10.3. The van der Waals surface area contributed by atoms with Gasteiger partial charge < -0.3 is 11.2 Å². The number of hydrogen-bond acceptors (Lipinski definition) is 5. The Balaban J connectivity index is 0.00000196. The minimum Gasteiger partial charge on any atom is -0.412 e. The maximum atomic E-state index is 10.3. The number of rotatable bonds is 3. The zero-order valence-corrected chi connectivity index (χ0v) is 9.08. The van der Waals surface area contributed by atoms with Crippen LogP contribution in [0.15, 0.2) is 0 Å². The molecule has 1 heterocycles. The van der Waals surface area contributed by atoms with Gasteiger partial charge in [-0.25, -0.2) is 8.86 Å². The Bertz CT molecular complexity index is 438. The van der Waals surface area contributed by atoms with E-state index < -0.39 is 10.4 Å². The highest BCUT2D eigenvalue weighted by Crippen LogP contribution is 2.14. The molecule has 0 aliphatic rings. The Labute approximate surface area is 86.9 Å². The van der Waals surface area contributed by atoms with Crippen molar-refractivity contribution in [3.8, 4) is 0 Å². The van der Waals surface area contributed by atoms with E-state index in [1.165, 1.54) is 4.68 Å². The Morgan fingerprint density at radius 3 is 2.40 bits per heavy atom. The van der Waals surface area contributed by atoms with Gasteiger partial charge in [0, 0.05) is 0 Å². The second-order valence-electron chi connectivity index (χ2n) is 2.76. The number of aromatic nitrogens is 2. The summed E-state index contributed by atoms with van der Waals surface area (Å²) < 4.78 is 34.2. The van der Waals surface area contributed by atoms with Gasteiger partial charge in [0.2, 0.25) is 0 Å². The summed E-state index contributed by atoms with van der Waals surface area (Å²) in [5.41, 5.74) is 7.24. The summed E-state index contributed by atoms with van der Waals surface area (Å²) in [6.45, 7) is 2.97. The normalized spacial score (nSPS) is 11.1. The van der Waals surface area contributed by atoms with Gasteiger partial charge in [-0.1, -0.05) is 0 Å². The van der Waals surface area contributed by atoms with Crippen molar-refractivity contribution in [2.24, 2.45) is 0 Å². The fourth-order valence-corrected chi connectivity index (χ4v) is 1.19. The van der Waals surface area contributed by atoms with E-state index in [1.807, 2.05) is 0 Å². The van der Waals surface area contributed by atoms with Gasteiger partial charge in [0.15, 0.2) is 6.73 Å². The molecule has 0 aromatic carbocycles. The molecule has 0 atom stereocenters. The molecule has 8 nitrogen and oxygen atoms in total. The van der Waals surface area contributed by atoms with Crippen LogP contribution in [0.1, 0.15) is 11.4 Å². The van der Waals surface area contributed by atoms with Crippen LogP contribution in [0.2, 0.25) is 0 Å². The topological polar surface area (TPSA) is 139 Å². The number of aryl methyl sites for hydroxylation is 1. The van der Waals surface area contributed by atoms with Crippen LogP contribution in [-0.2, 0) is 21.3 Å². The molecular formula is C6H13N3O5S. The van der Waals surface area contributed by atoms with Gasteiger partial charge in [-0.05, 0) is 13.8 Å². The number of anilines is 1. The first-order chi connectivity index (χ1) is 6.31. The predicted octanol–water partition coefficient (Wildman–Crippen LogP) is -0.966. The lowest BCUT2D eigenvalue weighted by molar-refractivity contribution is 0.195. The Kier molecular flexibility index (Phi) is 4.22. The van der Waals surface area contributed by atoms with Gasteiger partial charge in [0.1, 0.15) is 0 Å². The maximum Gasteiger partial charge on any atom is 0.399 e. The summed E-state index contributed by atoms with van der Waals surface area (Å²) in [5, 5.41) is 3.90. The van der Waals surface area contributed by atoms with Gasteiger partial charge in [0.25, 0.3) is 0 Å². The number of nitrogens with two attached hydrogens (primary N) is 1. The molecule has 15 heavy (non-hydrogen) atoms. The summed E-state index contributed by atoms with van der Waals surface area (Å²) in [5.74, 6) is 0. The van der Waals surface area contributed by atoms with E-state index in [0.717, 1.165) is 0 Å². The van der Waals surface area contributed by atoms with E-state index >= 15 is 0 Å². The van der Waals surface area contributed by atoms with Crippen molar-refractivity contribution in [2.45, 2.75) is 20.6 Å². The van der Waals surface area contributed by atoms with E-state index in [4.69, 9.17) is 10.3 Å². The SMILES string of the molecule is Cc1nn(COS(=O)(=O)O)c(C)c1N.O. The fourth-order valence-electron chi connectivity index (χ4n) is 0.953. The molecule has 0 aliphatic carbocycles.